The maximum absolute atomic E-state index is 3.63. The number of aryl methyl sites for hydroxylation is 1. The van der Waals surface area contributed by atoms with Crippen LogP contribution in [0.2, 0.25) is 0 Å². The van der Waals surface area contributed by atoms with Gasteiger partial charge in [0.15, 0.2) is 0 Å². The van der Waals surface area contributed by atoms with Gasteiger partial charge in [-0.3, -0.25) is 0 Å². The van der Waals surface area contributed by atoms with Crippen LogP contribution in [0.3, 0.4) is 0 Å². The fourth-order valence-electron chi connectivity index (χ4n) is 2.97. The molecule has 0 aromatic heterocycles. The Balaban J connectivity index is 2.64. The van der Waals surface area contributed by atoms with Crippen LogP contribution in [0.15, 0.2) is 24.3 Å². The van der Waals surface area contributed by atoms with E-state index in [0.717, 1.165) is 18.4 Å². The highest BCUT2D eigenvalue weighted by Gasteiger charge is 2.15. The van der Waals surface area contributed by atoms with Crippen molar-refractivity contribution in [2.45, 2.75) is 66.3 Å². The Bertz CT molecular complexity index is 370. The highest BCUT2D eigenvalue weighted by atomic mass is 14.9. The second-order valence-corrected chi connectivity index (χ2v) is 6.69. The molecule has 0 heterocycles. The van der Waals surface area contributed by atoms with E-state index in [0.29, 0.717) is 6.04 Å². The topological polar surface area (TPSA) is 12.0 Å². The molecular weight excluding hydrogens is 242 g/mol. The molecule has 0 amide bonds. The van der Waals surface area contributed by atoms with Gasteiger partial charge in [0, 0.05) is 6.04 Å². The predicted molar refractivity (Wildman–Crippen MR) is 90.2 cm³/mol. The molecule has 0 spiro atoms. The van der Waals surface area contributed by atoms with Crippen molar-refractivity contribution in [3.8, 4) is 0 Å². The minimum absolute atomic E-state index is 0.579. The molecule has 20 heavy (non-hydrogen) atoms. The summed E-state index contributed by atoms with van der Waals surface area (Å²) in [7, 11) is 0. The number of benzene rings is 1. The Morgan fingerprint density at radius 2 is 1.80 bits per heavy atom. The van der Waals surface area contributed by atoms with Crippen molar-refractivity contribution in [1.29, 1.82) is 0 Å². The average Bonchev–Trinajstić information content (AvgIpc) is 2.38. The van der Waals surface area contributed by atoms with Crippen molar-refractivity contribution in [3.63, 3.8) is 0 Å². The van der Waals surface area contributed by atoms with Gasteiger partial charge in [-0.25, -0.2) is 0 Å². The van der Waals surface area contributed by atoms with Gasteiger partial charge in [0.25, 0.3) is 0 Å². The molecule has 0 radical (unpaired) electrons. The first-order valence-electron chi connectivity index (χ1n) is 8.30. The first-order chi connectivity index (χ1) is 9.52. The highest BCUT2D eigenvalue weighted by molar-refractivity contribution is 5.26. The summed E-state index contributed by atoms with van der Waals surface area (Å²) >= 11 is 0. The van der Waals surface area contributed by atoms with Gasteiger partial charge >= 0.3 is 0 Å². The van der Waals surface area contributed by atoms with Crippen molar-refractivity contribution in [2.75, 3.05) is 6.54 Å². The van der Waals surface area contributed by atoms with Gasteiger partial charge in [-0.15, -0.1) is 0 Å². The van der Waals surface area contributed by atoms with Crippen LogP contribution >= 0.6 is 0 Å². The van der Waals surface area contributed by atoms with Crippen LogP contribution in [0.5, 0.6) is 0 Å². The Morgan fingerprint density at radius 1 is 1.10 bits per heavy atom. The molecule has 114 valence electrons. The summed E-state index contributed by atoms with van der Waals surface area (Å²) in [6.45, 7) is 12.5. The molecule has 0 aliphatic heterocycles. The quantitative estimate of drug-likeness (QED) is 0.670. The van der Waals surface area contributed by atoms with E-state index in [1.807, 2.05) is 0 Å². The van der Waals surface area contributed by atoms with Gasteiger partial charge in [0.1, 0.15) is 0 Å². The Labute approximate surface area is 126 Å². The SMILES string of the molecule is CCCC(C)CC(CNC(C)C)Cc1ccccc1C. The summed E-state index contributed by atoms with van der Waals surface area (Å²) < 4.78 is 0. The summed E-state index contributed by atoms with van der Waals surface area (Å²) in [4.78, 5) is 0. The fraction of sp³-hybridized carbons (Fsp3) is 0.684. The molecule has 0 aliphatic rings. The van der Waals surface area contributed by atoms with E-state index in [2.05, 4.69) is 64.2 Å². The van der Waals surface area contributed by atoms with Crippen molar-refractivity contribution >= 4 is 0 Å². The zero-order valence-electron chi connectivity index (χ0n) is 14.1. The van der Waals surface area contributed by atoms with Crippen molar-refractivity contribution in [2.24, 2.45) is 11.8 Å². The molecule has 0 fully saturated rings. The fourth-order valence-corrected chi connectivity index (χ4v) is 2.97. The average molecular weight is 275 g/mol. The van der Waals surface area contributed by atoms with E-state index in [4.69, 9.17) is 0 Å². The first-order valence-corrected chi connectivity index (χ1v) is 8.30. The number of nitrogens with one attached hydrogen (secondary N) is 1. The van der Waals surface area contributed by atoms with Gasteiger partial charge in [-0.1, -0.05) is 64.8 Å². The minimum Gasteiger partial charge on any atom is -0.314 e. The summed E-state index contributed by atoms with van der Waals surface area (Å²) in [5.74, 6) is 1.59. The maximum atomic E-state index is 3.63. The lowest BCUT2D eigenvalue weighted by Crippen LogP contribution is -2.31. The van der Waals surface area contributed by atoms with Crippen molar-refractivity contribution in [3.05, 3.63) is 35.4 Å². The molecular formula is C19H33N. The van der Waals surface area contributed by atoms with Crippen molar-refractivity contribution < 1.29 is 0 Å². The van der Waals surface area contributed by atoms with E-state index < -0.39 is 0 Å². The smallest absolute Gasteiger partial charge is 0.00104 e. The standard InChI is InChI=1S/C19H33N/c1-6-9-16(4)12-18(14-20-15(2)3)13-19-11-8-7-10-17(19)5/h7-8,10-11,15-16,18,20H,6,9,12-14H2,1-5H3. The summed E-state index contributed by atoms with van der Waals surface area (Å²) in [6, 6.07) is 9.42. The van der Waals surface area contributed by atoms with Crippen LogP contribution in [0, 0.1) is 18.8 Å². The van der Waals surface area contributed by atoms with E-state index >= 15 is 0 Å². The van der Waals surface area contributed by atoms with Crippen molar-refractivity contribution in [1.82, 2.24) is 5.32 Å². The second-order valence-electron chi connectivity index (χ2n) is 6.69. The molecule has 2 atom stereocenters. The Hall–Kier alpha value is -0.820. The molecule has 1 rings (SSSR count). The predicted octanol–water partition coefficient (Wildman–Crippen LogP) is 4.98. The van der Waals surface area contributed by atoms with Crippen LogP contribution < -0.4 is 5.32 Å². The first kappa shape index (κ1) is 17.2. The maximum Gasteiger partial charge on any atom is 0.00104 e. The summed E-state index contributed by atoms with van der Waals surface area (Å²) in [5.41, 5.74) is 2.96. The zero-order valence-corrected chi connectivity index (χ0v) is 14.1. The summed E-state index contributed by atoms with van der Waals surface area (Å²) in [6.07, 6.45) is 5.20. The van der Waals surface area contributed by atoms with Gasteiger partial charge in [-0.05, 0) is 49.3 Å². The molecule has 0 saturated heterocycles. The van der Waals surface area contributed by atoms with Crippen LogP contribution in [0.1, 0.15) is 58.1 Å². The van der Waals surface area contributed by atoms with Gasteiger partial charge in [0.05, 0.1) is 0 Å². The molecule has 1 heteroatoms. The number of rotatable bonds is 9. The number of hydrogen-bond donors (Lipinski definition) is 1. The van der Waals surface area contributed by atoms with Gasteiger partial charge in [0.2, 0.25) is 0 Å². The molecule has 0 aliphatic carbocycles. The van der Waals surface area contributed by atoms with Crippen LogP contribution in [-0.4, -0.2) is 12.6 Å². The molecule has 0 bridgehead atoms. The monoisotopic (exact) mass is 275 g/mol. The van der Waals surface area contributed by atoms with E-state index in [-0.39, 0.29) is 0 Å². The molecule has 2 unspecified atom stereocenters. The Morgan fingerprint density at radius 3 is 2.40 bits per heavy atom. The Kier molecular flexibility index (Phi) is 7.91. The van der Waals surface area contributed by atoms with Crippen LogP contribution in [0.4, 0.5) is 0 Å². The third-order valence-corrected chi connectivity index (χ3v) is 4.10. The lowest BCUT2D eigenvalue weighted by atomic mass is 9.87. The highest BCUT2D eigenvalue weighted by Crippen LogP contribution is 2.22. The third kappa shape index (κ3) is 6.56. The van der Waals surface area contributed by atoms with E-state index in [9.17, 15) is 0 Å². The van der Waals surface area contributed by atoms with Crippen LogP contribution in [0.25, 0.3) is 0 Å². The third-order valence-electron chi connectivity index (χ3n) is 4.10. The van der Waals surface area contributed by atoms with Gasteiger partial charge < -0.3 is 5.32 Å². The molecule has 0 saturated carbocycles. The summed E-state index contributed by atoms with van der Waals surface area (Å²) in [5, 5.41) is 3.63. The van der Waals surface area contributed by atoms with Crippen LogP contribution in [-0.2, 0) is 6.42 Å². The van der Waals surface area contributed by atoms with Gasteiger partial charge in [-0.2, -0.15) is 0 Å². The molecule has 1 nitrogen and oxygen atoms in total. The minimum atomic E-state index is 0.579. The van der Waals surface area contributed by atoms with E-state index in [1.54, 1.807) is 0 Å². The molecule has 1 aromatic carbocycles. The lowest BCUT2D eigenvalue weighted by molar-refractivity contribution is 0.345. The lowest BCUT2D eigenvalue weighted by Gasteiger charge is -2.23. The normalized spacial score (nSPS) is 14.5. The second kappa shape index (κ2) is 9.18. The molecule has 1 aromatic rings. The number of hydrogen-bond acceptors (Lipinski definition) is 1. The largest absolute Gasteiger partial charge is 0.314 e. The molecule has 1 N–H and O–H groups in total. The zero-order chi connectivity index (χ0) is 15.0. The van der Waals surface area contributed by atoms with E-state index in [1.165, 1.54) is 36.8 Å².